The van der Waals surface area contributed by atoms with Gasteiger partial charge in [-0.25, -0.2) is 9.37 Å². The molecule has 0 saturated heterocycles. The van der Waals surface area contributed by atoms with Crippen LogP contribution in [0.15, 0.2) is 33.8 Å². The van der Waals surface area contributed by atoms with Crippen LogP contribution in [0.4, 0.5) is 4.39 Å². The molecular weight excluding hydrogens is 257 g/mol. The minimum atomic E-state index is -0.193. The van der Waals surface area contributed by atoms with Gasteiger partial charge in [0.2, 0.25) is 0 Å². The van der Waals surface area contributed by atoms with Gasteiger partial charge in [0.15, 0.2) is 4.34 Å². The van der Waals surface area contributed by atoms with E-state index in [0.717, 1.165) is 9.24 Å². The van der Waals surface area contributed by atoms with E-state index in [1.165, 1.54) is 35.7 Å². The second kappa shape index (κ2) is 5.57. The summed E-state index contributed by atoms with van der Waals surface area (Å²) in [5.41, 5.74) is 0.676. The molecular formula is C11H12FN3S2. The summed E-state index contributed by atoms with van der Waals surface area (Å²) in [5.74, 6) is -0.193. The van der Waals surface area contributed by atoms with Gasteiger partial charge in [-0.3, -0.25) is 0 Å². The number of nitrogens with one attached hydrogen (secondary N) is 1. The molecule has 0 aliphatic heterocycles. The zero-order chi connectivity index (χ0) is 12.3. The summed E-state index contributed by atoms with van der Waals surface area (Å²) in [7, 11) is 1.82. The lowest BCUT2D eigenvalue weighted by Crippen LogP contribution is -2.14. The van der Waals surface area contributed by atoms with Crippen molar-refractivity contribution in [3.05, 3.63) is 35.9 Å². The summed E-state index contributed by atoms with van der Waals surface area (Å²) in [4.78, 5) is 4.97. The third-order valence-corrected chi connectivity index (χ3v) is 4.21. The number of benzene rings is 1. The zero-order valence-corrected chi connectivity index (χ0v) is 11.1. The maximum absolute atomic E-state index is 13.8. The van der Waals surface area contributed by atoms with E-state index < -0.39 is 0 Å². The highest BCUT2D eigenvalue weighted by molar-refractivity contribution is 8.01. The molecule has 1 N–H and O–H groups in total. The van der Waals surface area contributed by atoms with E-state index in [0.29, 0.717) is 5.56 Å². The number of nitrogens with zero attached hydrogens (tertiary/aromatic N) is 2. The van der Waals surface area contributed by atoms with Crippen LogP contribution in [0.2, 0.25) is 0 Å². The van der Waals surface area contributed by atoms with Gasteiger partial charge in [-0.05, 0) is 37.6 Å². The first kappa shape index (κ1) is 12.5. The molecule has 0 bridgehead atoms. The molecule has 2 rings (SSSR count). The first-order chi connectivity index (χ1) is 8.22. The van der Waals surface area contributed by atoms with Crippen molar-refractivity contribution in [1.82, 2.24) is 14.7 Å². The van der Waals surface area contributed by atoms with Gasteiger partial charge in [-0.1, -0.05) is 17.8 Å². The Hall–Kier alpha value is -0.980. The van der Waals surface area contributed by atoms with Gasteiger partial charge >= 0.3 is 0 Å². The molecule has 0 amide bonds. The molecule has 1 aromatic heterocycles. The summed E-state index contributed by atoms with van der Waals surface area (Å²) in [5, 5.41) is 3.06. The van der Waals surface area contributed by atoms with Crippen molar-refractivity contribution < 1.29 is 4.39 Å². The Morgan fingerprint density at radius 3 is 2.94 bits per heavy atom. The highest BCUT2D eigenvalue weighted by Crippen LogP contribution is 2.34. The number of halogens is 1. The normalized spacial score (nSPS) is 12.6. The summed E-state index contributed by atoms with van der Waals surface area (Å²) >= 11 is 2.75. The number of aromatic nitrogens is 2. The minimum Gasteiger partial charge on any atom is -0.313 e. The Kier molecular flexibility index (Phi) is 4.09. The van der Waals surface area contributed by atoms with E-state index in [-0.39, 0.29) is 11.9 Å². The predicted molar refractivity (Wildman–Crippen MR) is 67.9 cm³/mol. The number of hydrogen-bond donors (Lipinski definition) is 1. The standard InChI is InChI=1S/C11H12FN3S2/c1-7(13-2)10-8(12)4-3-5-9(10)16-11-14-6-15-17-11/h3-7,13H,1-2H3. The van der Waals surface area contributed by atoms with Crippen LogP contribution in [0.1, 0.15) is 18.5 Å². The van der Waals surface area contributed by atoms with Gasteiger partial charge in [0.05, 0.1) is 0 Å². The molecule has 0 aliphatic rings. The topological polar surface area (TPSA) is 37.8 Å². The van der Waals surface area contributed by atoms with Crippen LogP contribution < -0.4 is 5.32 Å². The zero-order valence-electron chi connectivity index (χ0n) is 9.48. The maximum Gasteiger partial charge on any atom is 0.174 e. The molecule has 90 valence electrons. The average molecular weight is 269 g/mol. The van der Waals surface area contributed by atoms with Crippen molar-refractivity contribution in [2.45, 2.75) is 22.2 Å². The van der Waals surface area contributed by atoms with Gasteiger partial charge in [0, 0.05) is 16.5 Å². The molecule has 0 radical (unpaired) electrons. The molecule has 0 saturated carbocycles. The maximum atomic E-state index is 13.8. The number of hydrogen-bond acceptors (Lipinski definition) is 5. The summed E-state index contributed by atoms with van der Waals surface area (Å²) in [6, 6.07) is 5.06. The second-order valence-electron chi connectivity index (χ2n) is 3.47. The van der Waals surface area contributed by atoms with E-state index in [2.05, 4.69) is 14.7 Å². The van der Waals surface area contributed by atoms with E-state index >= 15 is 0 Å². The van der Waals surface area contributed by atoms with Crippen molar-refractivity contribution in [2.75, 3.05) is 7.05 Å². The SMILES string of the molecule is CNC(C)c1c(F)cccc1Sc1ncns1. The van der Waals surface area contributed by atoms with Crippen molar-refractivity contribution in [1.29, 1.82) is 0 Å². The van der Waals surface area contributed by atoms with Crippen LogP contribution in [0, 0.1) is 5.82 Å². The molecule has 17 heavy (non-hydrogen) atoms. The third-order valence-electron chi connectivity index (χ3n) is 2.42. The summed E-state index contributed by atoms with van der Waals surface area (Å²) in [6.07, 6.45) is 1.51. The first-order valence-corrected chi connectivity index (χ1v) is 6.71. The van der Waals surface area contributed by atoms with Crippen molar-refractivity contribution in [3.8, 4) is 0 Å². The van der Waals surface area contributed by atoms with E-state index in [1.807, 2.05) is 20.0 Å². The molecule has 0 aliphatic carbocycles. The smallest absolute Gasteiger partial charge is 0.174 e. The highest BCUT2D eigenvalue weighted by Gasteiger charge is 2.15. The largest absolute Gasteiger partial charge is 0.313 e. The van der Waals surface area contributed by atoms with Crippen molar-refractivity contribution >= 4 is 23.3 Å². The fourth-order valence-electron chi connectivity index (χ4n) is 1.47. The lowest BCUT2D eigenvalue weighted by Gasteiger charge is -2.15. The molecule has 0 fully saturated rings. The summed E-state index contributed by atoms with van der Waals surface area (Å²) < 4.78 is 18.6. The number of rotatable bonds is 4. The Bertz CT molecular complexity index is 487. The van der Waals surface area contributed by atoms with Gasteiger partial charge < -0.3 is 5.32 Å². The fourth-order valence-corrected chi connectivity index (χ4v) is 3.12. The Balaban J connectivity index is 2.36. The van der Waals surface area contributed by atoms with Crippen LogP contribution in [0.3, 0.4) is 0 Å². The lowest BCUT2D eigenvalue weighted by atomic mass is 10.1. The monoisotopic (exact) mass is 269 g/mol. The lowest BCUT2D eigenvalue weighted by molar-refractivity contribution is 0.552. The quantitative estimate of drug-likeness (QED) is 0.925. The van der Waals surface area contributed by atoms with E-state index in [4.69, 9.17) is 0 Å². The minimum absolute atomic E-state index is 0.0355. The fraction of sp³-hybridized carbons (Fsp3) is 0.273. The van der Waals surface area contributed by atoms with Crippen molar-refractivity contribution in [2.24, 2.45) is 0 Å². The highest BCUT2D eigenvalue weighted by atomic mass is 32.2. The molecule has 3 nitrogen and oxygen atoms in total. The van der Waals surface area contributed by atoms with Gasteiger partial charge in [0.1, 0.15) is 12.1 Å². The van der Waals surface area contributed by atoms with Gasteiger partial charge in [0.25, 0.3) is 0 Å². The van der Waals surface area contributed by atoms with Crippen LogP contribution in [-0.4, -0.2) is 16.4 Å². The van der Waals surface area contributed by atoms with Crippen LogP contribution >= 0.6 is 23.3 Å². The molecule has 1 heterocycles. The Morgan fingerprint density at radius 2 is 2.29 bits per heavy atom. The van der Waals surface area contributed by atoms with Crippen LogP contribution in [-0.2, 0) is 0 Å². The first-order valence-electron chi connectivity index (χ1n) is 5.12. The Morgan fingerprint density at radius 1 is 1.47 bits per heavy atom. The molecule has 1 unspecified atom stereocenters. The third kappa shape index (κ3) is 2.83. The average Bonchev–Trinajstić information content (AvgIpc) is 2.81. The molecule has 6 heteroatoms. The summed E-state index contributed by atoms with van der Waals surface area (Å²) in [6.45, 7) is 1.93. The van der Waals surface area contributed by atoms with Crippen LogP contribution in [0.5, 0.6) is 0 Å². The van der Waals surface area contributed by atoms with E-state index in [1.54, 1.807) is 6.07 Å². The Labute approximate surface area is 108 Å². The van der Waals surface area contributed by atoms with Gasteiger partial charge in [-0.2, -0.15) is 4.37 Å². The molecule has 1 aromatic carbocycles. The molecule has 1 atom stereocenters. The van der Waals surface area contributed by atoms with Crippen molar-refractivity contribution in [3.63, 3.8) is 0 Å². The van der Waals surface area contributed by atoms with E-state index in [9.17, 15) is 4.39 Å². The second-order valence-corrected chi connectivity index (χ2v) is 5.54. The molecule has 0 spiro atoms. The molecule has 2 aromatic rings. The van der Waals surface area contributed by atoms with Gasteiger partial charge in [-0.15, -0.1) is 0 Å². The van der Waals surface area contributed by atoms with Crippen LogP contribution in [0.25, 0.3) is 0 Å². The predicted octanol–water partition coefficient (Wildman–Crippen LogP) is 3.11.